The van der Waals surface area contributed by atoms with Gasteiger partial charge in [0, 0.05) is 32.6 Å². The molecule has 0 unspecified atom stereocenters. The summed E-state index contributed by atoms with van der Waals surface area (Å²) in [6.07, 6.45) is 7.08. The molecule has 8 heteroatoms. The molecule has 2 aromatic rings. The third-order valence-electron chi connectivity index (χ3n) is 6.20. The quantitative estimate of drug-likeness (QED) is 0.696. The number of carbonyl (C=O) groups is 1. The summed E-state index contributed by atoms with van der Waals surface area (Å²) in [6, 6.07) is 7.79. The Morgan fingerprint density at radius 1 is 1.07 bits per heavy atom. The van der Waals surface area contributed by atoms with E-state index in [9.17, 15) is 4.79 Å². The van der Waals surface area contributed by atoms with Crippen LogP contribution in [0.4, 0.5) is 0 Å². The molecule has 1 saturated carbocycles. The predicted octanol–water partition coefficient (Wildman–Crippen LogP) is 2.68. The fraction of sp³-hybridized carbons (Fsp3) is 0.636. The molecule has 1 aromatic carbocycles. The zero-order chi connectivity index (χ0) is 20.8. The van der Waals surface area contributed by atoms with Gasteiger partial charge in [-0.25, -0.2) is 0 Å². The summed E-state index contributed by atoms with van der Waals surface area (Å²) in [5.74, 6) is 2.58. The number of hydrogen-bond donors (Lipinski definition) is 0. The fourth-order valence-corrected chi connectivity index (χ4v) is 4.48. The number of carbonyl (C=O) groups excluding carboxylic acids is 1. The van der Waals surface area contributed by atoms with E-state index in [0.717, 1.165) is 49.9 Å². The van der Waals surface area contributed by atoms with Crippen molar-refractivity contribution in [1.29, 1.82) is 0 Å². The Bertz CT molecular complexity index is 807. The lowest BCUT2D eigenvalue weighted by molar-refractivity contribution is -0.134. The maximum Gasteiger partial charge on any atom is 0.222 e. The van der Waals surface area contributed by atoms with E-state index in [2.05, 4.69) is 20.4 Å². The zero-order valence-electron chi connectivity index (χ0n) is 17.9. The van der Waals surface area contributed by atoms with Gasteiger partial charge in [0.05, 0.1) is 18.8 Å². The van der Waals surface area contributed by atoms with Crippen molar-refractivity contribution in [3.8, 4) is 11.4 Å². The number of piperazine rings is 1. The number of aromatic nitrogens is 4. The van der Waals surface area contributed by atoms with Crippen molar-refractivity contribution in [2.75, 3.05) is 32.8 Å². The number of benzene rings is 1. The lowest BCUT2D eigenvalue weighted by Crippen LogP contribution is -2.48. The number of amides is 1. The molecule has 1 aliphatic heterocycles. The molecule has 2 fully saturated rings. The molecule has 0 N–H and O–H groups in total. The van der Waals surface area contributed by atoms with E-state index in [1.807, 2.05) is 36.1 Å². The molecule has 4 rings (SSSR count). The summed E-state index contributed by atoms with van der Waals surface area (Å²) in [7, 11) is 0. The van der Waals surface area contributed by atoms with Crippen LogP contribution >= 0.6 is 0 Å². The lowest BCUT2D eigenvalue weighted by Gasteiger charge is -2.35. The first-order valence-electron chi connectivity index (χ1n) is 11.2. The summed E-state index contributed by atoms with van der Waals surface area (Å²) < 4.78 is 7.28. The third kappa shape index (κ3) is 5.16. The highest BCUT2D eigenvalue weighted by molar-refractivity contribution is 5.76. The van der Waals surface area contributed by atoms with Crippen LogP contribution in [0.25, 0.3) is 5.69 Å². The number of rotatable bonds is 7. The summed E-state index contributed by atoms with van der Waals surface area (Å²) in [4.78, 5) is 17.0. The average molecular weight is 413 g/mol. The molecule has 30 heavy (non-hydrogen) atoms. The highest BCUT2D eigenvalue weighted by atomic mass is 16.5. The Kier molecular flexibility index (Phi) is 6.94. The Morgan fingerprint density at radius 2 is 1.80 bits per heavy atom. The van der Waals surface area contributed by atoms with Crippen LogP contribution in [0.15, 0.2) is 24.3 Å². The van der Waals surface area contributed by atoms with Crippen molar-refractivity contribution in [3.05, 3.63) is 30.1 Å². The van der Waals surface area contributed by atoms with Gasteiger partial charge in [-0.2, -0.15) is 4.68 Å². The Labute approximate surface area is 178 Å². The predicted molar refractivity (Wildman–Crippen MR) is 113 cm³/mol. The number of nitrogens with zero attached hydrogens (tertiary/aromatic N) is 6. The Balaban J connectivity index is 1.29. The van der Waals surface area contributed by atoms with Crippen LogP contribution in [0.5, 0.6) is 5.75 Å². The van der Waals surface area contributed by atoms with Gasteiger partial charge in [-0.1, -0.05) is 19.3 Å². The van der Waals surface area contributed by atoms with Crippen molar-refractivity contribution in [1.82, 2.24) is 30.0 Å². The molecule has 162 valence electrons. The molecule has 2 aliphatic rings. The normalized spacial score (nSPS) is 18.5. The van der Waals surface area contributed by atoms with Crippen molar-refractivity contribution < 1.29 is 9.53 Å². The molecule has 2 heterocycles. The van der Waals surface area contributed by atoms with Crippen LogP contribution < -0.4 is 4.74 Å². The van der Waals surface area contributed by atoms with Gasteiger partial charge >= 0.3 is 0 Å². The second-order valence-corrected chi connectivity index (χ2v) is 8.30. The van der Waals surface area contributed by atoms with Gasteiger partial charge in [0.15, 0.2) is 5.82 Å². The number of hydrogen-bond acceptors (Lipinski definition) is 6. The monoisotopic (exact) mass is 412 g/mol. The van der Waals surface area contributed by atoms with Gasteiger partial charge in [-0.3, -0.25) is 9.69 Å². The molecule has 1 saturated heterocycles. The van der Waals surface area contributed by atoms with Crippen LogP contribution in [0.1, 0.15) is 51.3 Å². The molecule has 0 bridgehead atoms. The van der Waals surface area contributed by atoms with E-state index >= 15 is 0 Å². The lowest BCUT2D eigenvalue weighted by atomic mass is 9.86. The van der Waals surface area contributed by atoms with Crippen molar-refractivity contribution >= 4 is 5.91 Å². The van der Waals surface area contributed by atoms with E-state index in [1.165, 1.54) is 32.1 Å². The first-order valence-corrected chi connectivity index (χ1v) is 11.2. The second kappa shape index (κ2) is 10.0. The minimum Gasteiger partial charge on any atom is -0.494 e. The van der Waals surface area contributed by atoms with Crippen molar-refractivity contribution in [2.24, 2.45) is 5.92 Å². The van der Waals surface area contributed by atoms with E-state index in [0.29, 0.717) is 25.0 Å². The molecule has 0 atom stereocenters. The van der Waals surface area contributed by atoms with E-state index in [-0.39, 0.29) is 0 Å². The van der Waals surface area contributed by atoms with Crippen molar-refractivity contribution in [2.45, 2.75) is 52.0 Å². The molecule has 1 aromatic heterocycles. The topological polar surface area (TPSA) is 76.4 Å². The molecule has 0 spiro atoms. The average Bonchev–Trinajstić information content (AvgIpc) is 3.24. The van der Waals surface area contributed by atoms with Crippen LogP contribution in [0.2, 0.25) is 0 Å². The van der Waals surface area contributed by atoms with Gasteiger partial charge < -0.3 is 9.64 Å². The summed E-state index contributed by atoms with van der Waals surface area (Å²) in [5.41, 5.74) is 0.916. The van der Waals surface area contributed by atoms with Gasteiger partial charge in [0.25, 0.3) is 0 Å². The largest absolute Gasteiger partial charge is 0.494 e. The van der Waals surface area contributed by atoms with Crippen LogP contribution in [0.3, 0.4) is 0 Å². The maximum absolute atomic E-state index is 12.7. The molecule has 1 amide bonds. The Hall–Kier alpha value is -2.48. The first kappa shape index (κ1) is 20.8. The molecule has 1 aliphatic carbocycles. The highest BCUT2D eigenvalue weighted by Crippen LogP contribution is 2.27. The van der Waals surface area contributed by atoms with E-state index in [4.69, 9.17) is 4.74 Å². The standard InChI is InChI=1S/C22H32N6O2/c1-2-30-20-10-8-19(9-11-20)28-21(23-24-25-28)17-26-12-14-27(15-13-26)22(29)16-18-6-4-3-5-7-18/h8-11,18H,2-7,12-17H2,1H3. The fourth-order valence-electron chi connectivity index (χ4n) is 4.48. The van der Waals surface area contributed by atoms with Gasteiger partial charge in [0.2, 0.25) is 5.91 Å². The third-order valence-corrected chi connectivity index (χ3v) is 6.20. The van der Waals surface area contributed by atoms with Gasteiger partial charge in [-0.05, 0) is 60.4 Å². The Morgan fingerprint density at radius 3 is 2.50 bits per heavy atom. The van der Waals surface area contributed by atoms with Crippen LogP contribution in [-0.4, -0.2) is 68.7 Å². The molecule has 8 nitrogen and oxygen atoms in total. The minimum absolute atomic E-state index is 0.334. The molecular weight excluding hydrogens is 380 g/mol. The number of ether oxygens (including phenoxy) is 1. The summed E-state index contributed by atoms with van der Waals surface area (Å²) in [6.45, 7) is 6.57. The second-order valence-electron chi connectivity index (χ2n) is 8.30. The SMILES string of the molecule is CCOc1ccc(-n2nnnc2CN2CCN(C(=O)CC3CCCCC3)CC2)cc1. The highest BCUT2D eigenvalue weighted by Gasteiger charge is 2.25. The van der Waals surface area contributed by atoms with Gasteiger partial charge in [-0.15, -0.1) is 5.10 Å². The summed E-state index contributed by atoms with van der Waals surface area (Å²) in [5, 5.41) is 12.3. The molecule has 0 radical (unpaired) electrons. The van der Waals surface area contributed by atoms with Crippen molar-refractivity contribution in [3.63, 3.8) is 0 Å². The first-order chi connectivity index (χ1) is 14.7. The zero-order valence-corrected chi connectivity index (χ0v) is 17.9. The van der Waals surface area contributed by atoms with Gasteiger partial charge in [0.1, 0.15) is 5.75 Å². The van der Waals surface area contributed by atoms with E-state index in [1.54, 1.807) is 4.68 Å². The van der Waals surface area contributed by atoms with Crippen LogP contribution in [-0.2, 0) is 11.3 Å². The maximum atomic E-state index is 12.7. The molecular formula is C22H32N6O2. The minimum atomic E-state index is 0.334. The smallest absolute Gasteiger partial charge is 0.222 e. The number of tetrazole rings is 1. The van der Waals surface area contributed by atoms with Crippen LogP contribution in [0, 0.1) is 5.92 Å². The van der Waals surface area contributed by atoms with E-state index < -0.39 is 0 Å². The summed E-state index contributed by atoms with van der Waals surface area (Å²) >= 11 is 0.